The summed E-state index contributed by atoms with van der Waals surface area (Å²) in [5.74, 6) is 5.82. The predicted molar refractivity (Wildman–Crippen MR) is 65.1 cm³/mol. The fourth-order valence-electron chi connectivity index (χ4n) is 6.09. The van der Waals surface area contributed by atoms with Crippen LogP contribution in [0.5, 0.6) is 0 Å². The molecule has 4 fully saturated rings. The summed E-state index contributed by atoms with van der Waals surface area (Å²) >= 11 is 0. The second-order valence-electron chi connectivity index (χ2n) is 6.77. The zero-order valence-electron chi connectivity index (χ0n) is 10.3. The molecule has 4 bridgehead atoms. The second-order valence-corrected chi connectivity index (χ2v) is 6.77. The molecule has 0 radical (unpaired) electrons. The molecule has 8 atom stereocenters. The summed E-state index contributed by atoms with van der Waals surface area (Å²) < 4.78 is 5.43. The third-order valence-corrected chi connectivity index (χ3v) is 6.35. The van der Waals surface area contributed by atoms with Crippen molar-refractivity contribution < 1.29 is 9.84 Å². The van der Waals surface area contributed by atoms with Gasteiger partial charge in [-0.3, -0.25) is 0 Å². The fraction of sp³-hybridized carbons (Fsp3) is 0.867. The quantitative estimate of drug-likeness (QED) is 0.600. The van der Waals surface area contributed by atoms with Crippen molar-refractivity contribution in [2.45, 2.75) is 31.8 Å². The van der Waals surface area contributed by atoms with Crippen molar-refractivity contribution in [3.05, 3.63) is 12.8 Å². The van der Waals surface area contributed by atoms with E-state index in [0.717, 1.165) is 48.5 Å². The Bertz CT molecular complexity index is 340. The summed E-state index contributed by atoms with van der Waals surface area (Å²) in [7, 11) is 0. The third kappa shape index (κ3) is 1.25. The van der Waals surface area contributed by atoms with Gasteiger partial charge in [0.15, 0.2) is 0 Å². The topological polar surface area (TPSA) is 29.5 Å². The van der Waals surface area contributed by atoms with E-state index >= 15 is 0 Å². The number of aliphatic hydroxyl groups excluding tert-OH is 1. The van der Waals surface area contributed by atoms with Crippen molar-refractivity contribution in [2.24, 2.45) is 41.4 Å². The Kier molecular flexibility index (Phi) is 2.15. The minimum atomic E-state index is 0.0153. The van der Waals surface area contributed by atoms with E-state index in [0.29, 0.717) is 5.92 Å². The first kappa shape index (κ1) is 10.4. The fourth-order valence-corrected chi connectivity index (χ4v) is 6.09. The van der Waals surface area contributed by atoms with Gasteiger partial charge in [0, 0.05) is 0 Å². The van der Waals surface area contributed by atoms with Gasteiger partial charge in [0.25, 0.3) is 0 Å². The van der Waals surface area contributed by atoms with E-state index in [1.165, 1.54) is 19.3 Å². The van der Waals surface area contributed by atoms with Gasteiger partial charge in [-0.05, 0) is 67.1 Å². The van der Waals surface area contributed by atoms with Gasteiger partial charge in [0.05, 0.1) is 19.0 Å². The van der Waals surface area contributed by atoms with Crippen LogP contribution in [0.2, 0.25) is 0 Å². The lowest BCUT2D eigenvalue weighted by atomic mass is 9.67. The first-order chi connectivity index (χ1) is 8.29. The Morgan fingerprint density at radius 1 is 1.06 bits per heavy atom. The highest BCUT2D eigenvalue weighted by atomic mass is 16.5. The molecule has 0 heterocycles. The highest BCUT2D eigenvalue weighted by Crippen LogP contribution is 2.68. The maximum absolute atomic E-state index is 10.1. The van der Waals surface area contributed by atoms with Crippen LogP contribution in [0.1, 0.15) is 25.7 Å². The SMILES string of the molecule is C=COCC1CC2CC1C1C3CC(CC3O)C21. The molecule has 4 rings (SSSR count). The number of fused-ring (bicyclic) bond motifs is 9. The molecule has 8 unspecified atom stereocenters. The zero-order valence-corrected chi connectivity index (χ0v) is 10.3. The van der Waals surface area contributed by atoms with Gasteiger partial charge in [-0.2, -0.15) is 0 Å². The number of rotatable bonds is 3. The summed E-state index contributed by atoms with van der Waals surface area (Å²) in [5.41, 5.74) is 0. The van der Waals surface area contributed by atoms with Crippen molar-refractivity contribution in [3.63, 3.8) is 0 Å². The van der Waals surface area contributed by atoms with E-state index in [1.54, 1.807) is 6.26 Å². The van der Waals surface area contributed by atoms with E-state index in [4.69, 9.17) is 4.74 Å². The molecule has 0 aliphatic heterocycles. The highest BCUT2D eigenvalue weighted by Gasteiger charge is 2.64. The molecule has 0 spiro atoms. The van der Waals surface area contributed by atoms with Gasteiger partial charge in [0.2, 0.25) is 0 Å². The molecular weight excluding hydrogens is 212 g/mol. The summed E-state index contributed by atoms with van der Waals surface area (Å²) in [6, 6.07) is 0. The molecule has 2 heteroatoms. The molecule has 2 nitrogen and oxygen atoms in total. The number of hydrogen-bond donors (Lipinski definition) is 1. The molecule has 1 N–H and O–H groups in total. The lowest BCUT2D eigenvalue weighted by molar-refractivity contribution is 0.00210. The van der Waals surface area contributed by atoms with Gasteiger partial charge in [-0.1, -0.05) is 6.58 Å². The molecule has 0 aromatic heterocycles. The Labute approximate surface area is 103 Å². The molecule has 0 aromatic rings. The number of ether oxygens (including phenoxy) is 1. The molecule has 0 amide bonds. The van der Waals surface area contributed by atoms with Crippen LogP contribution in [0.3, 0.4) is 0 Å². The van der Waals surface area contributed by atoms with E-state index in [9.17, 15) is 5.11 Å². The van der Waals surface area contributed by atoms with Crippen LogP contribution < -0.4 is 0 Å². The standard InChI is InChI=1S/C15H22O2/c1-2-17-7-10-3-8-4-11(10)15-12-5-9(14(8)15)6-13(12)16/h2,8-16H,1,3-7H2. The summed E-state index contributed by atoms with van der Waals surface area (Å²) in [4.78, 5) is 0. The Hall–Kier alpha value is -0.500. The summed E-state index contributed by atoms with van der Waals surface area (Å²) in [5, 5.41) is 10.1. The lowest BCUT2D eigenvalue weighted by Gasteiger charge is -2.40. The van der Waals surface area contributed by atoms with Crippen molar-refractivity contribution in [2.75, 3.05) is 6.61 Å². The van der Waals surface area contributed by atoms with Gasteiger partial charge >= 0.3 is 0 Å². The Morgan fingerprint density at radius 2 is 1.82 bits per heavy atom. The maximum atomic E-state index is 10.1. The predicted octanol–water partition coefficient (Wildman–Crippen LogP) is 2.44. The van der Waals surface area contributed by atoms with Gasteiger partial charge in [0.1, 0.15) is 0 Å². The normalized spacial score (nSPS) is 58.4. The number of aliphatic hydroxyl groups is 1. The molecule has 17 heavy (non-hydrogen) atoms. The average molecular weight is 234 g/mol. The minimum Gasteiger partial charge on any atom is -0.502 e. The largest absolute Gasteiger partial charge is 0.502 e. The average Bonchev–Trinajstić information content (AvgIpc) is 3.01. The first-order valence-corrected chi connectivity index (χ1v) is 7.20. The third-order valence-electron chi connectivity index (χ3n) is 6.35. The molecule has 0 aromatic carbocycles. The smallest absolute Gasteiger partial charge is 0.0903 e. The van der Waals surface area contributed by atoms with Gasteiger partial charge in [-0.15, -0.1) is 0 Å². The zero-order chi connectivity index (χ0) is 11.6. The molecular formula is C15H22O2. The lowest BCUT2D eigenvalue weighted by Crippen LogP contribution is -2.38. The molecule has 4 saturated carbocycles. The Balaban J connectivity index is 1.55. The first-order valence-electron chi connectivity index (χ1n) is 7.20. The summed E-state index contributed by atoms with van der Waals surface area (Å²) in [6.45, 7) is 4.50. The van der Waals surface area contributed by atoms with Crippen molar-refractivity contribution in [1.82, 2.24) is 0 Å². The molecule has 0 saturated heterocycles. The Morgan fingerprint density at radius 3 is 2.65 bits per heavy atom. The van der Waals surface area contributed by atoms with E-state index in [-0.39, 0.29) is 6.10 Å². The highest BCUT2D eigenvalue weighted by molar-refractivity contribution is 5.12. The van der Waals surface area contributed by atoms with Crippen LogP contribution in [0.4, 0.5) is 0 Å². The van der Waals surface area contributed by atoms with Crippen molar-refractivity contribution in [3.8, 4) is 0 Å². The van der Waals surface area contributed by atoms with E-state index in [1.807, 2.05) is 0 Å². The summed E-state index contributed by atoms with van der Waals surface area (Å²) in [6.07, 6.45) is 6.81. The van der Waals surface area contributed by atoms with Crippen molar-refractivity contribution >= 4 is 0 Å². The molecule has 4 aliphatic rings. The minimum absolute atomic E-state index is 0.0153. The van der Waals surface area contributed by atoms with Crippen molar-refractivity contribution in [1.29, 1.82) is 0 Å². The van der Waals surface area contributed by atoms with Gasteiger partial charge < -0.3 is 9.84 Å². The van der Waals surface area contributed by atoms with E-state index < -0.39 is 0 Å². The maximum Gasteiger partial charge on any atom is 0.0903 e. The van der Waals surface area contributed by atoms with Crippen LogP contribution in [0.15, 0.2) is 12.8 Å². The van der Waals surface area contributed by atoms with Gasteiger partial charge in [-0.25, -0.2) is 0 Å². The number of hydrogen-bond acceptors (Lipinski definition) is 2. The van der Waals surface area contributed by atoms with Crippen LogP contribution in [-0.4, -0.2) is 17.8 Å². The van der Waals surface area contributed by atoms with E-state index in [2.05, 4.69) is 6.58 Å². The molecule has 94 valence electrons. The molecule has 4 aliphatic carbocycles. The van der Waals surface area contributed by atoms with Crippen LogP contribution in [0, 0.1) is 41.4 Å². The van der Waals surface area contributed by atoms with Crippen LogP contribution in [0.25, 0.3) is 0 Å². The van der Waals surface area contributed by atoms with Crippen LogP contribution in [-0.2, 0) is 4.74 Å². The second kappa shape index (κ2) is 3.50. The monoisotopic (exact) mass is 234 g/mol. The van der Waals surface area contributed by atoms with Crippen LogP contribution >= 0.6 is 0 Å².